The average Bonchev–Trinajstić information content (AvgIpc) is 3.01. The van der Waals surface area contributed by atoms with E-state index in [1.54, 1.807) is 17.1 Å². The Hall–Kier alpha value is -1.75. The van der Waals surface area contributed by atoms with Gasteiger partial charge in [-0.25, -0.2) is 4.79 Å². The number of piperidine rings is 1. The quantitative estimate of drug-likeness (QED) is 0.673. The minimum Gasteiger partial charge on any atom is -0.444 e. The van der Waals surface area contributed by atoms with Gasteiger partial charge >= 0.3 is 6.09 Å². The fourth-order valence-electron chi connectivity index (χ4n) is 3.42. The summed E-state index contributed by atoms with van der Waals surface area (Å²) in [6, 6.07) is 0.0494. The fraction of sp³-hybridized carbons (Fsp3) is 0.619. The van der Waals surface area contributed by atoms with E-state index < -0.39 is 5.60 Å². The van der Waals surface area contributed by atoms with Crippen LogP contribution in [0, 0.1) is 5.92 Å². The van der Waals surface area contributed by atoms with Crippen molar-refractivity contribution in [2.24, 2.45) is 5.92 Å². The van der Waals surface area contributed by atoms with E-state index in [1.165, 1.54) is 0 Å². The smallest absolute Gasteiger partial charge is 0.410 e. The van der Waals surface area contributed by atoms with Crippen LogP contribution in [0.25, 0.3) is 0 Å². The van der Waals surface area contributed by atoms with E-state index in [9.17, 15) is 9.59 Å². The second-order valence-electron chi connectivity index (χ2n) is 8.32. The molecule has 1 fully saturated rings. The molecule has 6 heteroatoms. The van der Waals surface area contributed by atoms with Crippen molar-refractivity contribution in [3.63, 3.8) is 0 Å². The zero-order chi connectivity index (χ0) is 20.0. The van der Waals surface area contributed by atoms with Gasteiger partial charge in [0.2, 0.25) is 5.91 Å². The number of ether oxygens (including phenoxy) is 1. The summed E-state index contributed by atoms with van der Waals surface area (Å²) >= 11 is 5.95. The van der Waals surface area contributed by atoms with Gasteiger partial charge in [-0.3, -0.25) is 4.79 Å². The first kappa shape index (κ1) is 21.5. The van der Waals surface area contributed by atoms with Gasteiger partial charge in [0.05, 0.1) is 0 Å². The Morgan fingerprint density at radius 1 is 1.37 bits per heavy atom. The second-order valence-corrected chi connectivity index (χ2v) is 8.81. The van der Waals surface area contributed by atoms with E-state index in [1.807, 2.05) is 26.8 Å². The van der Waals surface area contributed by atoms with Crippen molar-refractivity contribution in [2.75, 3.05) is 13.1 Å². The highest BCUT2D eigenvalue weighted by Gasteiger charge is 2.28. The summed E-state index contributed by atoms with van der Waals surface area (Å²) < 4.78 is 5.45. The summed E-state index contributed by atoms with van der Waals surface area (Å²) in [4.78, 5) is 26.4. The van der Waals surface area contributed by atoms with Crippen LogP contribution in [-0.2, 0) is 9.53 Å². The van der Waals surface area contributed by atoms with E-state index in [4.69, 9.17) is 16.3 Å². The maximum absolute atomic E-state index is 12.4. The molecule has 0 aromatic rings. The lowest BCUT2D eigenvalue weighted by Crippen LogP contribution is -2.43. The molecule has 1 atom stereocenters. The van der Waals surface area contributed by atoms with Gasteiger partial charge in [0.1, 0.15) is 5.60 Å². The van der Waals surface area contributed by atoms with E-state index in [0.717, 1.165) is 25.7 Å². The van der Waals surface area contributed by atoms with Crippen molar-refractivity contribution < 1.29 is 14.3 Å². The first-order chi connectivity index (χ1) is 12.7. The van der Waals surface area contributed by atoms with Crippen molar-refractivity contribution in [1.82, 2.24) is 10.2 Å². The lowest BCUT2D eigenvalue weighted by atomic mass is 9.89. The van der Waals surface area contributed by atoms with Crippen LogP contribution in [0.5, 0.6) is 0 Å². The van der Waals surface area contributed by atoms with Crippen molar-refractivity contribution in [3.05, 3.63) is 35.4 Å². The number of hydrogen-bond donors (Lipinski definition) is 1. The minimum absolute atomic E-state index is 0.0494. The van der Waals surface area contributed by atoms with Crippen LogP contribution in [0.15, 0.2) is 35.4 Å². The summed E-state index contributed by atoms with van der Waals surface area (Å²) in [5.74, 6) is 0.410. The van der Waals surface area contributed by atoms with Gasteiger partial charge in [-0.1, -0.05) is 23.8 Å². The normalized spacial score (nSPS) is 19.2. The van der Waals surface area contributed by atoms with Gasteiger partial charge in [0.15, 0.2) is 0 Å². The molecule has 0 aromatic carbocycles. The molecule has 2 amide bonds. The second kappa shape index (κ2) is 9.45. The van der Waals surface area contributed by atoms with Crippen LogP contribution in [0.2, 0.25) is 0 Å². The molecule has 1 heterocycles. The van der Waals surface area contributed by atoms with E-state index >= 15 is 0 Å². The van der Waals surface area contributed by atoms with Crippen LogP contribution < -0.4 is 5.32 Å². The SMILES string of the molecule is C=CC[C@@H](CC1CCN(C(=O)OC(C)(C)C)CC1)NC(=O)C1=CC=C(Cl)C1. The van der Waals surface area contributed by atoms with Crippen molar-refractivity contribution in [3.8, 4) is 0 Å². The molecule has 0 radical (unpaired) electrons. The highest BCUT2D eigenvalue weighted by molar-refractivity contribution is 6.30. The highest BCUT2D eigenvalue weighted by atomic mass is 35.5. The molecule has 0 aromatic heterocycles. The Kier molecular flexibility index (Phi) is 7.54. The van der Waals surface area contributed by atoms with Gasteiger partial charge < -0.3 is 15.0 Å². The number of allylic oxidation sites excluding steroid dienone is 3. The molecule has 150 valence electrons. The maximum Gasteiger partial charge on any atom is 0.410 e. The summed E-state index contributed by atoms with van der Waals surface area (Å²) in [6.07, 6.45) is 9.10. The Labute approximate surface area is 167 Å². The van der Waals surface area contributed by atoms with Gasteiger partial charge in [-0.05, 0) is 58.4 Å². The van der Waals surface area contributed by atoms with Crippen molar-refractivity contribution in [1.29, 1.82) is 0 Å². The standard InChI is InChI=1S/C21H31ClN2O3/c1-5-6-18(23-19(25)16-7-8-17(22)14-16)13-15-9-11-24(12-10-15)20(26)27-21(2,3)4/h5,7-8,15,18H,1,6,9-14H2,2-4H3,(H,23,25)/t18-/m0/s1. The summed E-state index contributed by atoms with van der Waals surface area (Å²) in [5.41, 5.74) is 0.230. The molecule has 0 spiro atoms. The number of carbonyl (C=O) groups excluding carboxylic acids is 2. The summed E-state index contributed by atoms with van der Waals surface area (Å²) in [5, 5.41) is 3.81. The molecule has 5 nitrogen and oxygen atoms in total. The molecule has 27 heavy (non-hydrogen) atoms. The lowest BCUT2D eigenvalue weighted by molar-refractivity contribution is -0.118. The predicted molar refractivity (Wildman–Crippen MR) is 109 cm³/mol. The number of nitrogens with zero attached hydrogens (tertiary/aromatic N) is 1. The molecule has 1 N–H and O–H groups in total. The Balaban J connectivity index is 1.81. The number of hydrogen-bond acceptors (Lipinski definition) is 3. The Morgan fingerprint density at radius 3 is 2.56 bits per heavy atom. The molecule has 1 saturated heterocycles. The zero-order valence-electron chi connectivity index (χ0n) is 16.6. The first-order valence-electron chi connectivity index (χ1n) is 9.63. The third kappa shape index (κ3) is 7.06. The van der Waals surface area contributed by atoms with Gasteiger partial charge in [-0.15, -0.1) is 6.58 Å². The van der Waals surface area contributed by atoms with Gasteiger partial charge in [-0.2, -0.15) is 0 Å². The van der Waals surface area contributed by atoms with E-state index in [2.05, 4.69) is 11.9 Å². The molecular formula is C21H31ClN2O3. The number of rotatable bonds is 6. The maximum atomic E-state index is 12.4. The Bertz CT molecular complexity index is 626. The van der Waals surface area contributed by atoms with Crippen molar-refractivity contribution in [2.45, 2.75) is 64.5 Å². The van der Waals surface area contributed by atoms with Gasteiger partial charge in [0.25, 0.3) is 0 Å². The van der Waals surface area contributed by atoms with Crippen LogP contribution in [-0.4, -0.2) is 41.6 Å². The summed E-state index contributed by atoms with van der Waals surface area (Å²) in [6.45, 7) is 10.8. The largest absolute Gasteiger partial charge is 0.444 e. The number of carbonyl (C=O) groups is 2. The van der Waals surface area contributed by atoms with Crippen LogP contribution in [0.1, 0.15) is 52.9 Å². The van der Waals surface area contributed by atoms with Crippen LogP contribution in [0.3, 0.4) is 0 Å². The minimum atomic E-state index is -0.472. The lowest BCUT2D eigenvalue weighted by Gasteiger charge is -2.34. The molecule has 2 aliphatic rings. The third-order valence-corrected chi connectivity index (χ3v) is 5.05. The Morgan fingerprint density at radius 2 is 2.04 bits per heavy atom. The fourth-order valence-corrected chi connectivity index (χ4v) is 3.63. The average molecular weight is 395 g/mol. The molecule has 0 bridgehead atoms. The van der Waals surface area contributed by atoms with E-state index in [-0.39, 0.29) is 18.0 Å². The van der Waals surface area contributed by atoms with Gasteiger partial charge in [0, 0.05) is 36.2 Å². The van der Waals surface area contributed by atoms with Crippen molar-refractivity contribution >= 4 is 23.6 Å². The third-order valence-electron chi connectivity index (χ3n) is 4.79. The number of likely N-dealkylation sites (tertiary alicyclic amines) is 1. The number of amides is 2. The number of halogens is 1. The molecule has 0 saturated carbocycles. The zero-order valence-corrected chi connectivity index (χ0v) is 17.3. The van der Waals surface area contributed by atoms with Crippen LogP contribution in [0.4, 0.5) is 4.79 Å². The van der Waals surface area contributed by atoms with E-state index in [0.29, 0.717) is 36.0 Å². The first-order valence-corrected chi connectivity index (χ1v) is 10.0. The predicted octanol–water partition coefficient (Wildman–Crippen LogP) is 4.54. The molecule has 1 aliphatic carbocycles. The molecular weight excluding hydrogens is 364 g/mol. The highest BCUT2D eigenvalue weighted by Crippen LogP contribution is 2.26. The molecule has 0 unspecified atom stereocenters. The topological polar surface area (TPSA) is 58.6 Å². The molecule has 1 aliphatic heterocycles. The summed E-state index contributed by atoms with van der Waals surface area (Å²) in [7, 11) is 0. The molecule has 2 rings (SSSR count). The van der Waals surface area contributed by atoms with Crippen LogP contribution >= 0.6 is 11.6 Å². The monoisotopic (exact) mass is 394 g/mol. The number of nitrogens with one attached hydrogen (secondary N) is 1.